The van der Waals surface area contributed by atoms with Gasteiger partial charge in [0, 0.05) is 12.0 Å². The van der Waals surface area contributed by atoms with E-state index >= 15 is 0 Å². The summed E-state index contributed by atoms with van der Waals surface area (Å²) in [4.78, 5) is 13.4. The molecule has 0 radical (unpaired) electrons. The minimum absolute atomic E-state index is 0.140. The fraction of sp³-hybridized carbons (Fsp3) is 0.138. The zero-order chi connectivity index (χ0) is 26.3. The van der Waals surface area contributed by atoms with E-state index in [9.17, 15) is 21.6 Å². The topological polar surface area (TPSA) is 94.6 Å². The van der Waals surface area contributed by atoms with Crippen LogP contribution in [0.4, 0.5) is 0 Å². The molecule has 0 saturated carbocycles. The van der Waals surface area contributed by atoms with Gasteiger partial charge in [0.1, 0.15) is 11.2 Å². The summed E-state index contributed by atoms with van der Waals surface area (Å²) in [5, 5.41) is 0. The molecule has 1 aliphatic heterocycles. The van der Waals surface area contributed by atoms with E-state index in [1.165, 1.54) is 48.5 Å². The van der Waals surface area contributed by atoms with Gasteiger partial charge < -0.3 is 4.74 Å². The minimum Gasteiger partial charge on any atom is -0.425 e. The smallest absolute Gasteiger partial charge is 0.326 e. The maximum atomic E-state index is 14.1. The zero-order valence-corrected chi connectivity index (χ0v) is 21.6. The minimum atomic E-state index is -4.47. The lowest BCUT2D eigenvalue weighted by Gasteiger charge is -2.31. The fourth-order valence-electron chi connectivity index (χ4n) is 4.83. The molecule has 0 aromatic heterocycles. The molecule has 188 valence electrons. The van der Waals surface area contributed by atoms with Gasteiger partial charge >= 0.3 is 5.97 Å². The molecule has 1 aliphatic rings. The summed E-state index contributed by atoms with van der Waals surface area (Å²) in [5.74, 6) is -0.428. The van der Waals surface area contributed by atoms with Crippen molar-refractivity contribution in [2.45, 2.75) is 33.1 Å². The summed E-state index contributed by atoms with van der Waals surface area (Å²) < 4.78 is 59.9. The van der Waals surface area contributed by atoms with Crippen molar-refractivity contribution >= 4 is 25.6 Å². The van der Waals surface area contributed by atoms with E-state index in [0.717, 1.165) is 5.56 Å². The second kappa shape index (κ2) is 9.28. The number of esters is 1. The van der Waals surface area contributed by atoms with Gasteiger partial charge in [-0.2, -0.15) is 0 Å². The van der Waals surface area contributed by atoms with Gasteiger partial charge in [0.25, 0.3) is 0 Å². The first-order valence-electron chi connectivity index (χ1n) is 11.6. The number of carbonyl (C=O) groups is 1. The molecule has 0 N–H and O–H groups in total. The molecule has 0 amide bonds. The van der Waals surface area contributed by atoms with Crippen LogP contribution in [-0.2, 0) is 29.9 Å². The average Bonchev–Trinajstić information content (AvgIpc) is 3.19. The van der Waals surface area contributed by atoms with Crippen LogP contribution in [0.15, 0.2) is 119 Å². The Bertz CT molecular complexity index is 1600. The van der Waals surface area contributed by atoms with Gasteiger partial charge in [-0.25, -0.2) is 16.8 Å². The molecule has 37 heavy (non-hydrogen) atoms. The molecule has 0 fully saturated rings. The van der Waals surface area contributed by atoms with Gasteiger partial charge in [-0.05, 0) is 42.8 Å². The number of rotatable bonds is 7. The standard InChI is InChI=1S/C29H24O6S2/c1-21-17-18-26-25(19-21)29(28(30)35-26,22-11-5-2-6-12-22)20-27(36(31,32)23-13-7-3-8-14-23)37(33,34)24-15-9-4-10-16-24/h2-19,27H,20H2,1H3/t29-/m1/s1. The number of carbonyl (C=O) groups excluding carboxylic acids is 1. The number of aryl methyl sites for hydroxylation is 1. The molecular formula is C29H24O6S2. The van der Waals surface area contributed by atoms with Crippen molar-refractivity contribution < 1.29 is 26.4 Å². The Balaban J connectivity index is 1.80. The number of fused-ring (bicyclic) bond motifs is 1. The number of benzene rings is 4. The lowest BCUT2D eigenvalue weighted by molar-refractivity contribution is -0.137. The highest BCUT2D eigenvalue weighted by Gasteiger charge is 2.56. The van der Waals surface area contributed by atoms with Crippen LogP contribution in [-0.4, -0.2) is 27.4 Å². The van der Waals surface area contributed by atoms with Crippen molar-refractivity contribution in [1.29, 1.82) is 0 Å². The Labute approximate surface area is 216 Å². The van der Waals surface area contributed by atoms with Crippen LogP contribution in [0, 0.1) is 6.92 Å². The lowest BCUT2D eigenvalue weighted by Crippen LogP contribution is -2.43. The summed E-state index contributed by atoms with van der Waals surface area (Å²) in [5.41, 5.74) is 0.0728. The Hall–Kier alpha value is -3.75. The predicted octanol–water partition coefficient (Wildman–Crippen LogP) is 4.86. The zero-order valence-electron chi connectivity index (χ0n) is 19.9. The maximum absolute atomic E-state index is 14.1. The molecule has 0 saturated heterocycles. The van der Waals surface area contributed by atoms with E-state index in [1.54, 1.807) is 60.7 Å². The van der Waals surface area contributed by atoms with Crippen LogP contribution in [0.5, 0.6) is 5.75 Å². The SMILES string of the molecule is Cc1ccc2c(c1)[C@@](CC(S(=O)(=O)c1ccccc1)S(=O)(=O)c1ccccc1)(c1ccccc1)C(=O)O2. The molecule has 1 atom stereocenters. The first kappa shape index (κ1) is 24.9. The molecule has 4 aromatic carbocycles. The van der Waals surface area contributed by atoms with Crippen molar-refractivity contribution in [3.63, 3.8) is 0 Å². The van der Waals surface area contributed by atoms with Crippen molar-refractivity contribution in [3.05, 3.63) is 126 Å². The first-order chi connectivity index (χ1) is 17.7. The van der Waals surface area contributed by atoms with Crippen molar-refractivity contribution in [2.24, 2.45) is 0 Å². The summed E-state index contributed by atoms with van der Waals surface area (Å²) in [6.07, 6.45) is -0.555. The highest BCUT2D eigenvalue weighted by Crippen LogP contribution is 2.50. The molecule has 6 nitrogen and oxygen atoms in total. The van der Waals surface area contributed by atoms with E-state index in [-0.39, 0.29) is 15.5 Å². The highest BCUT2D eigenvalue weighted by molar-refractivity contribution is 8.09. The van der Waals surface area contributed by atoms with Gasteiger partial charge in [-0.3, -0.25) is 4.79 Å². The van der Waals surface area contributed by atoms with E-state index in [2.05, 4.69) is 0 Å². The molecule has 1 heterocycles. The summed E-state index contributed by atoms with van der Waals surface area (Å²) in [6, 6.07) is 28.7. The van der Waals surface area contributed by atoms with E-state index < -0.39 is 42.1 Å². The van der Waals surface area contributed by atoms with Gasteiger partial charge in [0.05, 0.1) is 9.79 Å². The second-order valence-electron chi connectivity index (χ2n) is 9.01. The normalized spacial score (nSPS) is 17.4. The van der Waals surface area contributed by atoms with E-state index in [0.29, 0.717) is 11.1 Å². The van der Waals surface area contributed by atoms with Crippen LogP contribution < -0.4 is 4.74 Å². The van der Waals surface area contributed by atoms with Gasteiger partial charge in [-0.15, -0.1) is 0 Å². The van der Waals surface area contributed by atoms with Gasteiger partial charge in [0.15, 0.2) is 24.3 Å². The van der Waals surface area contributed by atoms with Crippen LogP contribution in [0.25, 0.3) is 0 Å². The highest BCUT2D eigenvalue weighted by atomic mass is 32.3. The number of sulfone groups is 2. The first-order valence-corrected chi connectivity index (χ1v) is 14.7. The average molecular weight is 533 g/mol. The van der Waals surface area contributed by atoms with Crippen LogP contribution in [0.1, 0.15) is 23.1 Å². The molecule has 0 spiro atoms. The van der Waals surface area contributed by atoms with Crippen LogP contribution in [0.3, 0.4) is 0 Å². The third-order valence-electron chi connectivity index (χ3n) is 6.72. The third kappa shape index (κ3) is 4.16. The quantitative estimate of drug-likeness (QED) is 0.249. The Morgan fingerprint density at radius 1 is 0.703 bits per heavy atom. The number of ether oxygens (including phenoxy) is 1. The van der Waals surface area contributed by atoms with Crippen molar-refractivity contribution in [3.8, 4) is 5.75 Å². The summed E-state index contributed by atoms with van der Waals surface area (Å²) in [7, 11) is -8.94. The van der Waals surface area contributed by atoms with Crippen molar-refractivity contribution in [1.82, 2.24) is 0 Å². The molecule has 0 unspecified atom stereocenters. The monoisotopic (exact) mass is 532 g/mol. The number of hydrogen-bond donors (Lipinski definition) is 0. The Kier molecular flexibility index (Phi) is 6.25. The number of hydrogen-bond acceptors (Lipinski definition) is 6. The molecule has 8 heteroatoms. The molecular weight excluding hydrogens is 508 g/mol. The molecule has 0 aliphatic carbocycles. The van der Waals surface area contributed by atoms with Gasteiger partial charge in [-0.1, -0.05) is 84.4 Å². The third-order valence-corrected chi connectivity index (χ3v) is 11.8. The van der Waals surface area contributed by atoms with Crippen LogP contribution >= 0.6 is 0 Å². The molecule has 0 bridgehead atoms. The fourth-order valence-corrected chi connectivity index (χ4v) is 9.45. The summed E-state index contributed by atoms with van der Waals surface area (Å²) in [6.45, 7) is 1.84. The Morgan fingerprint density at radius 3 is 1.70 bits per heavy atom. The Morgan fingerprint density at radius 2 is 1.19 bits per heavy atom. The van der Waals surface area contributed by atoms with Gasteiger partial charge in [0.2, 0.25) is 0 Å². The molecule has 4 aromatic rings. The van der Waals surface area contributed by atoms with Crippen LogP contribution in [0.2, 0.25) is 0 Å². The lowest BCUT2D eigenvalue weighted by atomic mass is 9.73. The summed E-state index contributed by atoms with van der Waals surface area (Å²) >= 11 is 0. The molecule has 5 rings (SSSR count). The largest absolute Gasteiger partial charge is 0.425 e. The second-order valence-corrected chi connectivity index (χ2v) is 13.6. The predicted molar refractivity (Wildman–Crippen MR) is 140 cm³/mol. The van der Waals surface area contributed by atoms with Crippen molar-refractivity contribution in [2.75, 3.05) is 0 Å². The van der Waals surface area contributed by atoms with E-state index in [1.807, 2.05) is 6.92 Å². The maximum Gasteiger partial charge on any atom is 0.326 e. The van der Waals surface area contributed by atoms with E-state index in [4.69, 9.17) is 4.74 Å².